The molecule has 45 heavy (non-hydrogen) atoms. The molecule has 1 saturated heterocycles. The minimum Gasteiger partial charge on any atom is -0.361 e. The van der Waals surface area contributed by atoms with Crippen molar-refractivity contribution in [2.45, 2.75) is 44.1 Å². The Kier molecular flexibility index (Phi) is 9.15. The number of hydrogen-bond donors (Lipinski definition) is 2. The molecule has 0 saturated carbocycles. The Morgan fingerprint density at radius 1 is 1.07 bits per heavy atom. The third-order valence-electron chi connectivity index (χ3n) is 9.45. The summed E-state index contributed by atoms with van der Waals surface area (Å²) >= 11 is 6.41. The van der Waals surface area contributed by atoms with Crippen molar-refractivity contribution < 1.29 is 14.0 Å². The molecule has 7 nitrogen and oxygen atoms in total. The molecule has 3 atom stereocenters. The van der Waals surface area contributed by atoms with Gasteiger partial charge in [0, 0.05) is 59.9 Å². The summed E-state index contributed by atoms with van der Waals surface area (Å²) in [5.41, 5.74) is 4.96. The van der Waals surface area contributed by atoms with Crippen LogP contribution < -0.4 is 10.2 Å². The normalized spacial score (nSPS) is 18.6. The van der Waals surface area contributed by atoms with E-state index >= 15 is 0 Å². The standard InChI is InChI=1S/C36H41ClFN5O2/c1-23(31-20-39-32-7-5-4-6-30(31)32)34(40-36(45)42-16-14-26(15-17-42)25-8-11-29(38)12-9-25)35(44)43-22-24(21-41(2)3)18-27-19-28(37)10-13-33(27)43/h4-13,19-20,23-24,26,34,39H,14-18,21-22H2,1-3H3,(H,40,45)/t23?,24-,34?/m1/s1. The monoisotopic (exact) mass is 629 g/mol. The van der Waals surface area contributed by atoms with Gasteiger partial charge in [-0.15, -0.1) is 0 Å². The number of nitrogens with zero attached hydrogens (tertiary/aromatic N) is 3. The number of urea groups is 1. The first-order valence-corrected chi connectivity index (χ1v) is 16.2. The molecule has 1 aromatic heterocycles. The lowest BCUT2D eigenvalue weighted by Crippen LogP contribution is -2.57. The highest BCUT2D eigenvalue weighted by molar-refractivity contribution is 6.30. The molecule has 9 heteroatoms. The molecule has 236 valence electrons. The molecular formula is C36H41ClFN5O2. The van der Waals surface area contributed by atoms with Gasteiger partial charge in [0.05, 0.1) is 0 Å². The SMILES string of the molecule is CC(c1c[nH]c2ccccc12)C(NC(=O)N1CCC(c2ccc(F)cc2)CC1)C(=O)N1C[C@@H](CN(C)C)Cc2cc(Cl)ccc21. The van der Waals surface area contributed by atoms with Crippen LogP contribution in [0.1, 0.15) is 48.3 Å². The van der Waals surface area contributed by atoms with Crippen molar-refractivity contribution in [1.82, 2.24) is 20.1 Å². The van der Waals surface area contributed by atoms with Gasteiger partial charge in [-0.3, -0.25) is 4.79 Å². The van der Waals surface area contributed by atoms with Gasteiger partial charge in [-0.1, -0.05) is 48.9 Å². The summed E-state index contributed by atoms with van der Waals surface area (Å²) in [6.07, 6.45) is 4.34. The van der Waals surface area contributed by atoms with Crippen LogP contribution in [0.5, 0.6) is 0 Å². The van der Waals surface area contributed by atoms with Crippen molar-refractivity contribution in [1.29, 1.82) is 0 Å². The predicted octanol–water partition coefficient (Wildman–Crippen LogP) is 6.79. The van der Waals surface area contributed by atoms with Crippen molar-refractivity contribution in [3.8, 4) is 0 Å². The summed E-state index contributed by atoms with van der Waals surface area (Å²) in [7, 11) is 4.09. The Morgan fingerprint density at radius 3 is 2.53 bits per heavy atom. The van der Waals surface area contributed by atoms with Crippen LogP contribution in [-0.4, -0.2) is 73.0 Å². The predicted molar refractivity (Wildman–Crippen MR) is 179 cm³/mol. The van der Waals surface area contributed by atoms with Crippen LogP contribution in [0.4, 0.5) is 14.9 Å². The summed E-state index contributed by atoms with van der Waals surface area (Å²) in [5.74, 6) is -0.195. The zero-order valence-corrected chi connectivity index (χ0v) is 26.9. The van der Waals surface area contributed by atoms with Crippen LogP contribution >= 0.6 is 11.6 Å². The number of nitrogens with one attached hydrogen (secondary N) is 2. The average Bonchev–Trinajstić information content (AvgIpc) is 3.47. The van der Waals surface area contributed by atoms with Crippen LogP contribution in [0.3, 0.4) is 0 Å². The van der Waals surface area contributed by atoms with E-state index < -0.39 is 6.04 Å². The number of aromatic nitrogens is 1. The molecule has 0 aliphatic carbocycles. The van der Waals surface area contributed by atoms with E-state index in [1.54, 1.807) is 4.90 Å². The van der Waals surface area contributed by atoms with E-state index in [0.29, 0.717) is 24.7 Å². The first-order chi connectivity index (χ1) is 21.7. The first-order valence-electron chi connectivity index (χ1n) is 15.8. The second kappa shape index (κ2) is 13.2. The van der Waals surface area contributed by atoms with E-state index in [2.05, 4.69) is 15.2 Å². The Hall–Kier alpha value is -3.88. The highest BCUT2D eigenvalue weighted by Crippen LogP contribution is 2.35. The Labute approximate surface area is 269 Å². The maximum atomic E-state index is 14.7. The lowest BCUT2D eigenvalue weighted by atomic mass is 9.88. The van der Waals surface area contributed by atoms with E-state index in [4.69, 9.17) is 11.6 Å². The maximum absolute atomic E-state index is 14.7. The molecule has 2 N–H and O–H groups in total. The van der Waals surface area contributed by atoms with Gasteiger partial charge in [0.25, 0.3) is 0 Å². The van der Waals surface area contributed by atoms with Gasteiger partial charge < -0.3 is 25.0 Å². The summed E-state index contributed by atoms with van der Waals surface area (Å²) in [6.45, 7) is 4.52. The minimum absolute atomic E-state index is 0.130. The Balaban J connectivity index is 1.28. The number of hydrogen-bond acceptors (Lipinski definition) is 3. The minimum atomic E-state index is -0.798. The molecule has 0 spiro atoms. The molecule has 1 fully saturated rings. The molecule has 3 heterocycles. The van der Waals surface area contributed by atoms with Crippen molar-refractivity contribution in [2.75, 3.05) is 45.2 Å². The van der Waals surface area contributed by atoms with Crippen molar-refractivity contribution in [3.05, 3.63) is 100 Å². The summed E-state index contributed by atoms with van der Waals surface area (Å²) in [4.78, 5) is 37.8. The second-order valence-corrected chi connectivity index (χ2v) is 13.3. The number of carbonyl (C=O) groups excluding carboxylic acids is 2. The largest absolute Gasteiger partial charge is 0.361 e. The van der Waals surface area contributed by atoms with Crippen LogP contribution in [0, 0.1) is 11.7 Å². The van der Waals surface area contributed by atoms with Gasteiger partial charge in [-0.25, -0.2) is 9.18 Å². The highest BCUT2D eigenvalue weighted by Gasteiger charge is 2.38. The number of halogens is 2. The fourth-order valence-corrected chi connectivity index (χ4v) is 7.35. The zero-order valence-electron chi connectivity index (χ0n) is 26.1. The van der Waals surface area contributed by atoms with Gasteiger partial charge in [0.1, 0.15) is 11.9 Å². The smallest absolute Gasteiger partial charge is 0.318 e. The molecule has 4 aromatic rings. The lowest BCUT2D eigenvalue weighted by Gasteiger charge is -2.39. The zero-order chi connectivity index (χ0) is 31.7. The van der Waals surface area contributed by atoms with Crippen LogP contribution in [0.2, 0.25) is 5.02 Å². The Morgan fingerprint density at radius 2 is 1.80 bits per heavy atom. The fraction of sp³-hybridized carbons (Fsp3) is 0.389. The van der Waals surface area contributed by atoms with E-state index in [0.717, 1.165) is 59.1 Å². The summed E-state index contributed by atoms with van der Waals surface area (Å²) in [5, 5.41) is 4.87. The average molecular weight is 630 g/mol. The van der Waals surface area contributed by atoms with Crippen molar-refractivity contribution >= 4 is 40.1 Å². The molecule has 2 aliphatic rings. The molecule has 3 aromatic carbocycles. The number of benzene rings is 3. The first kappa shape index (κ1) is 31.1. The van der Waals surface area contributed by atoms with E-state index in [-0.39, 0.29) is 35.5 Å². The highest BCUT2D eigenvalue weighted by atomic mass is 35.5. The molecule has 0 radical (unpaired) electrons. The number of anilines is 1. The number of likely N-dealkylation sites (tertiary alicyclic amines) is 1. The number of rotatable bonds is 7. The summed E-state index contributed by atoms with van der Waals surface area (Å²) < 4.78 is 13.5. The van der Waals surface area contributed by atoms with Gasteiger partial charge in [0.2, 0.25) is 5.91 Å². The Bertz CT molecular complexity index is 1660. The van der Waals surface area contributed by atoms with E-state index in [9.17, 15) is 14.0 Å². The molecule has 2 unspecified atom stereocenters. The number of carbonyl (C=O) groups is 2. The van der Waals surface area contributed by atoms with E-state index in [1.165, 1.54) is 12.1 Å². The van der Waals surface area contributed by atoms with Crippen molar-refractivity contribution in [3.63, 3.8) is 0 Å². The van der Waals surface area contributed by atoms with Gasteiger partial charge >= 0.3 is 6.03 Å². The molecule has 3 amide bonds. The molecular weight excluding hydrogens is 589 g/mol. The van der Waals surface area contributed by atoms with E-state index in [1.807, 2.05) is 86.7 Å². The third kappa shape index (κ3) is 6.72. The number of fused-ring (bicyclic) bond motifs is 2. The van der Waals surface area contributed by atoms with Gasteiger partial charge in [0.15, 0.2) is 0 Å². The number of H-pyrrole nitrogens is 1. The van der Waals surface area contributed by atoms with Crippen molar-refractivity contribution in [2.24, 2.45) is 5.92 Å². The fourth-order valence-electron chi connectivity index (χ4n) is 7.15. The quantitative estimate of drug-likeness (QED) is 0.237. The maximum Gasteiger partial charge on any atom is 0.318 e. The topological polar surface area (TPSA) is 71.7 Å². The number of amides is 3. The second-order valence-electron chi connectivity index (χ2n) is 12.9. The van der Waals surface area contributed by atoms with Gasteiger partial charge in [-0.2, -0.15) is 0 Å². The van der Waals surface area contributed by atoms with Crippen LogP contribution in [0.25, 0.3) is 10.9 Å². The number of aromatic amines is 1. The number of para-hydroxylation sites is 1. The molecule has 6 rings (SSSR count). The number of piperidine rings is 1. The van der Waals surface area contributed by atoms with Crippen LogP contribution in [0.15, 0.2) is 72.9 Å². The van der Waals surface area contributed by atoms with Gasteiger partial charge in [-0.05, 0) is 98.3 Å². The lowest BCUT2D eigenvalue weighted by molar-refractivity contribution is -0.121. The molecule has 0 bridgehead atoms. The van der Waals surface area contributed by atoms with Crippen LogP contribution in [-0.2, 0) is 11.2 Å². The molecule has 2 aliphatic heterocycles. The third-order valence-corrected chi connectivity index (χ3v) is 9.69. The summed E-state index contributed by atoms with van der Waals surface area (Å²) in [6, 6.07) is 19.4.